The number of amidine groups is 1. The first-order valence-corrected chi connectivity index (χ1v) is 10.3. The van der Waals surface area contributed by atoms with Gasteiger partial charge < -0.3 is 15.2 Å². The van der Waals surface area contributed by atoms with Gasteiger partial charge in [-0.05, 0) is 42.8 Å². The Morgan fingerprint density at radius 1 is 1.22 bits per heavy atom. The molecule has 0 bridgehead atoms. The van der Waals surface area contributed by atoms with Crippen molar-refractivity contribution in [3.05, 3.63) is 59.7 Å². The highest BCUT2D eigenvalue weighted by atomic mass is 32.2. The molecule has 7 nitrogen and oxygen atoms in total. The van der Waals surface area contributed by atoms with Gasteiger partial charge in [0.25, 0.3) is 0 Å². The molecule has 1 N–H and O–H groups in total. The Labute approximate surface area is 185 Å². The molecule has 0 aromatic heterocycles. The summed E-state index contributed by atoms with van der Waals surface area (Å²) in [6, 6.07) is 9.68. The number of benzene rings is 2. The van der Waals surface area contributed by atoms with E-state index < -0.39 is 28.9 Å². The van der Waals surface area contributed by atoms with Gasteiger partial charge in [0.15, 0.2) is 5.17 Å². The maximum absolute atomic E-state index is 13.0. The number of alkyl halides is 3. The number of carbonyl (C=O) groups is 3. The second-order valence-corrected chi connectivity index (χ2v) is 7.92. The minimum atomic E-state index is -4.54. The SMILES string of the molecule is CCN1C(=O)C[C@H](C(=O)Nc2ccc(C(=O)[O-])cc2)SC1=Nc1cccc(C(F)(F)F)c1. The van der Waals surface area contributed by atoms with Gasteiger partial charge in [-0.3, -0.25) is 14.5 Å². The van der Waals surface area contributed by atoms with E-state index in [0.29, 0.717) is 5.69 Å². The maximum Gasteiger partial charge on any atom is 0.416 e. The lowest BCUT2D eigenvalue weighted by Crippen LogP contribution is -2.45. The summed E-state index contributed by atoms with van der Waals surface area (Å²) in [6.45, 7) is 1.93. The molecule has 1 atom stereocenters. The van der Waals surface area contributed by atoms with Crippen LogP contribution in [0.5, 0.6) is 0 Å². The van der Waals surface area contributed by atoms with Crippen molar-refractivity contribution < 1.29 is 32.7 Å². The molecular formula is C21H17F3N3O4S-. The van der Waals surface area contributed by atoms with Crippen molar-refractivity contribution in [2.45, 2.75) is 24.8 Å². The summed E-state index contributed by atoms with van der Waals surface area (Å²) in [5.74, 6) is -2.26. The van der Waals surface area contributed by atoms with Gasteiger partial charge in [0.1, 0.15) is 5.25 Å². The van der Waals surface area contributed by atoms with Crippen LogP contribution in [0.4, 0.5) is 24.5 Å². The summed E-state index contributed by atoms with van der Waals surface area (Å²) >= 11 is 0.969. The average Bonchev–Trinajstić information content (AvgIpc) is 2.73. The Bertz CT molecular complexity index is 1070. The number of halogens is 3. The van der Waals surface area contributed by atoms with E-state index in [2.05, 4.69) is 10.3 Å². The Morgan fingerprint density at radius 3 is 2.50 bits per heavy atom. The highest BCUT2D eigenvalue weighted by Crippen LogP contribution is 2.33. The topological polar surface area (TPSA) is 102 Å². The Kier molecular flexibility index (Phi) is 6.87. The highest BCUT2D eigenvalue weighted by Gasteiger charge is 2.35. The number of carboxylic acids is 1. The third-order valence-electron chi connectivity index (χ3n) is 4.53. The van der Waals surface area contributed by atoms with Gasteiger partial charge in [-0.1, -0.05) is 30.0 Å². The van der Waals surface area contributed by atoms with Gasteiger partial charge in [-0.15, -0.1) is 0 Å². The summed E-state index contributed by atoms with van der Waals surface area (Å²) in [5, 5.41) is 12.7. The number of carbonyl (C=O) groups excluding carboxylic acids is 3. The van der Waals surface area contributed by atoms with Crippen molar-refractivity contribution in [3.8, 4) is 0 Å². The molecule has 1 heterocycles. The number of rotatable bonds is 5. The van der Waals surface area contributed by atoms with Gasteiger partial charge in [-0.2, -0.15) is 13.2 Å². The molecule has 2 aromatic rings. The van der Waals surface area contributed by atoms with Crippen molar-refractivity contribution in [1.82, 2.24) is 4.90 Å². The Morgan fingerprint density at radius 2 is 1.91 bits per heavy atom. The molecular weight excluding hydrogens is 447 g/mol. The molecule has 3 rings (SSSR count). The number of nitrogens with zero attached hydrogens (tertiary/aromatic N) is 2. The van der Waals surface area contributed by atoms with Crippen LogP contribution in [-0.2, 0) is 15.8 Å². The molecule has 1 aliphatic rings. The number of aliphatic imine (C=N–C) groups is 1. The van der Waals surface area contributed by atoms with Crippen LogP contribution in [0.15, 0.2) is 53.5 Å². The van der Waals surface area contributed by atoms with Crippen molar-refractivity contribution >= 4 is 46.1 Å². The van der Waals surface area contributed by atoms with E-state index in [1.165, 1.54) is 41.3 Å². The number of carboxylic acid groups (broad SMARTS) is 1. The first-order valence-electron chi connectivity index (χ1n) is 9.43. The minimum absolute atomic E-state index is 0.00695. The summed E-state index contributed by atoms with van der Waals surface area (Å²) in [5.41, 5.74) is -0.599. The van der Waals surface area contributed by atoms with E-state index in [-0.39, 0.29) is 35.3 Å². The van der Waals surface area contributed by atoms with Crippen LogP contribution < -0.4 is 10.4 Å². The molecule has 0 saturated carbocycles. The first kappa shape index (κ1) is 23.3. The van der Waals surface area contributed by atoms with E-state index in [1.54, 1.807) is 6.92 Å². The monoisotopic (exact) mass is 464 g/mol. The minimum Gasteiger partial charge on any atom is -0.545 e. The zero-order chi connectivity index (χ0) is 23.5. The highest BCUT2D eigenvalue weighted by molar-refractivity contribution is 8.15. The lowest BCUT2D eigenvalue weighted by atomic mass is 10.2. The van der Waals surface area contributed by atoms with Crippen LogP contribution in [-0.4, -0.2) is 39.6 Å². The van der Waals surface area contributed by atoms with Crippen LogP contribution in [0.3, 0.4) is 0 Å². The quantitative estimate of drug-likeness (QED) is 0.733. The van der Waals surface area contributed by atoms with Gasteiger partial charge in [0.2, 0.25) is 11.8 Å². The van der Waals surface area contributed by atoms with Crippen LogP contribution in [0.2, 0.25) is 0 Å². The fourth-order valence-electron chi connectivity index (χ4n) is 2.93. The number of nitrogens with one attached hydrogen (secondary N) is 1. The maximum atomic E-state index is 13.0. The van der Waals surface area contributed by atoms with E-state index in [9.17, 15) is 32.7 Å². The van der Waals surface area contributed by atoms with Crippen molar-refractivity contribution in [1.29, 1.82) is 0 Å². The molecule has 11 heteroatoms. The van der Waals surface area contributed by atoms with Crippen LogP contribution in [0, 0.1) is 0 Å². The van der Waals surface area contributed by atoms with Gasteiger partial charge in [0.05, 0.1) is 17.2 Å². The molecule has 2 amide bonds. The molecule has 168 valence electrons. The number of thioether (sulfide) groups is 1. The zero-order valence-electron chi connectivity index (χ0n) is 16.7. The van der Waals surface area contributed by atoms with E-state index in [1.807, 2.05) is 0 Å². The van der Waals surface area contributed by atoms with Crippen LogP contribution in [0.1, 0.15) is 29.3 Å². The number of anilines is 1. The molecule has 0 aliphatic carbocycles. The molecule has 0 unspecified atom stereocenters. The van der Waals surface area contributed by atoms with Crippen molar-refractivity contribution in [3.63, 3.8) is 0 Å². The summed E-state index contributed by atoms with van der Waals surface area (Å²) in [7, 11) is 0. The van der Waals surface area contributed by atoms with E-state index >= 15 is 0 Å². The smallest absolute Gasteiger partial charge is 0.416 e. The predicted octanol–water partition coefficient (Wildman–Crippen LogP) is 3.05. The Balaban J connectivity index is 1.81. The summed E-state index contributed by atoms with van der Waals surface area (Å²) in [4.78, 5) is 41.5. The molecule has 1 fully saturated rings. The van der Waals surface area contributed by atoms with Crippen LogP contribution >= 0.6 is 11.8 Å². The molecule has 1 aliphatic heterocycles. The molecule has 1 saturated heterocycles. The number of amides is 2. The predicted molar refractivity (Wildman–Crippen MR) is 111 cm³/mol. The first-order chi connectivity index (χ1) is 15.1. The lowest BCUT2D eigenvalue weighted by molar-refractivity contribution is -0.255. The van der Waals surface area contributed by atoms with Crippen molar-refractivity contribution in [2.75, 3.05) is 11.9 Å². The summed E-state index contributed by atoms with van der Waals surface area (Å²) < 4.78 is 39.0. The largest absolute Gasteiger partial charge is 0.545 e. The number of hydrogen-bond acceptors (Lipinski definition) is 6. The summed E-state index contributed by atoms with van der Waals surface area (Å²) in [6.07, 6.45) is -4.66. The van der Waals surface area contributed by atoms with Gasteiger partial charge in [-0.25, -0.2) is 4.99 Å². The molecule has 0 radical (unpaired) electrons. The second-order valence-electron chi connectivity index (χ2n) is 6.75. The third kappa shape index (κ3) is 5.47. The van der Waals surface area contributed by atoms with E-state index in [0.717, 1.165) is 23.9 Å². The molecule has 32 heavy (non-hydrogen) atoms. The normalized spacial score (nSPS) is 18.0. The number of aromatic carboxylic acids is 1. The van der Waals surface area contributed by atoms with Gasteiger partial charge in [0, 0.05) is 18.7 Å². The van der Waals surface area contributed by atoms with Crippen molar-refractivity contribution in [2.24, 2.45) is 4.99 Å². The fourth-order valence-corrected chi connectivity index (χ4v) is 4.09. The van der Waals surface area contributed by atoms with Gasteiger partial charge >= 0.3 is 6.18 Å². The standard InChI is InChI=1S/C21H18F3N3O4S/c1-2-27-17(28)11-16(18(29)25-14-8-6-12(7-9-14)19(30)31)32-20(27)26-15-5-3-4-13(10-15)21(22,23)24/h3-10,16H,2,11H2,1H3,(H,25,29)(H,30,31)/p-1/t16-/m1/s1. The molecule has 2 aromatic carbocycles. The number of hydrogen-bond donors (Lipinski definition) is 1. The average molecular weight is 464 g/mol. The zero-order valence-corrected chi connectivity index (χ0v) is 17.5. The van der Waals surface area contributed by atoms with E-state index in [4.69, 9.17) is 0 Å². The third-order valence-corrected chi connectivity index (χ3v) is 5.72. The van der Waals surface area contributed by atoms with Crippen LogP contribution in [0.25, 0.3) is 0 Å². The Hall–Kier alpha value is -3.34. The molecule has 0 spiro atoms. The lowest BCUT2D eigenvalue weighted by Gasteiger charge is -2.31. The fraction of sp³-hybridized carbons (Fsp3) is 0.238. The second kappa shape index (κ2) is 9.43.